The van der Waals surface area contributed by atoms with Gasteiger partial charge in [0.1, 0.15) is 17.5 Å². The number of hydrogen-bond acceptors (Lipinski definition) is 2. The van der Waals surface area contributed by atoms with Gasteiger partial charge in [0.05, 0.1) is 5.56 Å². The van der Waals surface area contributed by atoms with Gasteiger partial charge in [-0.3, -0.25) is 4.79 Å². The summed E-state index contributed by atoms with van der Waals surface area (Å²) < 4.78 is 45.4. The quantitative estimate of drug-likeness (QED) is 0.512. The second-order valence-electron chi connectivity index (χ2n) is 2.30. The van der Waals surface area contributed by atoms with Crippen LogP contribution in [0.15, 0.2) is 12.1 Å². The second kappa shape index (κ2) is 5.31. The summed E-state index contributed by atoms with van der Waals surface area (Å²) in [5.74, 6) is -4.12. The van der Waals surface area contributed by atoms with Gasteiger partial charge in [0, 0.05) is 12.1 Å². The van der Waals surface area contributed by atoms with Gasteiger partial charge in [-0.25, -0.2) is 13.2 Å². The van der Waals surface area contributed by atoms with E-state index in [0.717, 1.165) is 6.92 Å². The summed E-state index contributed by atoms with van der Waals surface area (Å²) in [4.78, 5) is 10.6. The van der Waals surface area contributed by atoms with Gasteiger partial charge >= 0.3 is 12.4 Å². The second-order valence-corrected chi connectivity index (χ2v) is 2.30. The van der Waals surface area contributed by atoms with Crippen molar-refractivity contribution in [3.8, 4) is 0 Å². The summed E-state index contributed by atoms with van der Waals surface area (Å²) in [6, 6.07) is 0.944. The van der Waals surface area contributed by atoms with Crippen LogP contribution in [0.2, 0.25) is 0 Å². The molecule has 0 fully saturated rings. The van der Waals surface area contributed by atoms with Crippen molar-refractivity contribution in [3.05, 3.63) is 35.1 Å². The number of carbonyl (C=O) groups is 1. The fourth-order valence-electron chi connectivity index (χ4n) is 0.879. The normalized spacial score (nSPS) is 8.79. The van der Waals surface area contributed by atoms with Crippen molar-refractivity contribution in [2.24, 2.45) is 0 Å². The summed E-state index contributed by atoms with van der Waals surface area (Å²) in [6.45, 7) is 1.01. The Hall–Kier alpha value is -1.46. The van der Waals surface area contributed by atoms with Crippen LogP contribution in [-0.4, -0.2) is 13.5 Å². The Labute approximate surface area is 79.2 Å². The molecule has 0 aliphatic carbocycles. The summed E-state index contributed by atoms with van der Waals surface area (Å²) in [6.07, 6.45) is 0. The molecule has 0 aliphatic rings. The van der Waals surface area contributed by atoms with E-state index in [-0.39, 0.29) is 0 Å². The minimum atomic E-state index is -1.17. The van der Waals surface area contributed by atoms with E-state index in [0.29, 0.717) is 12.1 Å². The average Bonchev–Trinajstić information content (AvgIpc) is 2.04. The van der Waals surface area contributed by atoms with Gasteiger partial charge in [-0.15, -0.1) is 0 Å². The molecule has 73 valence electrons. The Kier molecular flexibility index (Phi) is 4.76. The van der Waals surface area contributed by atoms with Crippen LogP contribution in [0.3, 0.4) is 0 Å². The average molecular weight is 201 g/mol. The molecular weight excluding hydrogens is 196 g/mol. The minimum absolute atomic E-state index is 0.472. The molecule has 0 aliphatic heterocycles. The third kappa shape index (κ3) is 2.79. The molecule has 14 heavy (non-hydrogen) atoms. The van der Waals surface area contributed by atoms with Gasteiger partial charge in [-0.1, -0.05) is 0 Å². The Balaban J connectivity index is 0.000000791. The summed E-state index contributed by atoms with van der Waals surface area (Å²) in [7, 11) is 3.25. The SMILES string of the molecule is CC(=O)c1c(F)cc(F)cc1F.[B]=O. The van der Waals surface area contributed by atoms with Gasteiger partial charge in [0.25, 0.3) is 0 Å². The molecule has 0 bridgehead atoms. The molecular formula is C8H5BF3O2. The molecule has 0 N–H and O–H groups in total. The predicted octanol–water partition coefficient (Wildman–Crippen LogP) is 1.81. The van der Waals surface area contributed by atoms with Crippen molar-refractivity contribution < 1.29 is 22.7 Å². The van der Waals surface area contributed by atoms with Gasteiger partial charge in [0.2, 0.25) is 0 Å². The number of rotatable bonds is 1. The van der Waals surface area contributed by atoms with Gasteiger partial charge < -0.3 is 0 Å². The fraction of sp³-hybridized carbons (Fsp3) is 0.125. The number of ketones is 1. The first-order valence-electron chi connectivity index (χ1n) is 3.41. The van der Waals surface area contributed by atoms with Crippen molar-refractivity contribution in [1.82, 2.24) is 0 Å². The molecule has 1 radical (unpaired) electrons. The van der Waals surface area contributed by atoms with Crippen LogP contribution >= 0.6 is 0 Å². The van der Waals surface area contributed by atoms with Crippen molar-refractivity contribution in [1.29, 1.82) is 0 Å². The van der Waals surface area contributed by atoms with Crippen molar-refractivity contribution in [2.75, 3.05) is 0 Å². The van der Waals surface area contributed by atoms with Crippen molar-refractivity contribution >= 4 is 13.5 Å². The van der Waals surface area contributed by atoms with Crippen LogP contribution in [0.5, 0.6) is 0 Å². The first-order valence-corrected chi connectivity index (χ1v) is 3.41. The predicted molar refractivity (Wildman–Crippen MR) is 42.8 cm³/mol. The van der Waals surface area contributed by atoms with Crippen molar-refractivity contribution in [3.63, 3.8) is 0 Å². The number of carbonyl (C=O) groups excluding carboxylic acids is 1. The molecule has 6 heteroatoms. The maximum absolute atomic E-state index is 12.7. The van der Waals surface area contributed by atoms with E-state index < -0.39 is 28.8 Å². The van der Waals surface area contributed by atoms with Gasteiger partial charge in [0.15, 0.2) is 5.78 Å². The van der Waals surface area contributed by atoms with E-state index in [1.807, 2.05) is 0 Å². The molecule has 1 rings (SSSR count). The number of Topliss-reactive ketones (excluding diaryl/α,β-unsaturated/α-hetero) is 1. The Bertz CT molecular complexity index is 331. The van der Waals surface area contributed by atoms with Crippen LogP contribution in [-0.2, 0) is 4.70 Å². The molecule has 0 amide bonds. The zero-order valence-corrected chi connectivity index (χ0v) is 7.18. The Morgan fingerprint density at radius 2 is 1.50 bits per heavy atom. The summed E-state index contributed by atoms with van der Waals surface area (Å²) in [5, 5.41) is 0. The number of benzene rings is 1. The van der Waals surface area contributed by atoms with E-state index in [1.165, 1.54) is 0 Å². The fourth-order valence-corrected chi connectivity index (χ4v) is 0.879. The summed E-state index contributed by atoms with van der Waals surface area (Å²) >= 11 is 0. The van der Waals surface area contributed by atoms with Crippen LogP contribution in [0.1, 0.15) is 17.3 Å². The molecule has 2 nitrogen and oxygen atoms in total. The van der Waals surface area contributed by atoms with E-state index >= 15 is 0 Å². The molecule has 0 spiro atoms. The van der Waals surface area contributed by atoms with E-state index in [2.05, 4.69) is 7.72 Å². The molecule has 0 atom stereocenters. The maximum atomic E-state index is 12.7. The van der Waals surface area contributed by atoms with Gasteiger partial charge in [-0.2, -0.15) is 0 Å². The van der Waals surface area contributed by atoms with E-state index in [9.17, 15) is 18.0 Å². The molecule has 0 heterocycles. The van der Waals surface area contributed by atoms with Gasteiger partial charge in [-0.05, 0) is 6.92 Å². The zero-order chi connectivity index (χ0) is 11.3. The molecule has 0 saturated heterocycles. The molecule has 0 unspecified atom stereocenters. The molecule has 0 aromatic heterocycles. The van der Waals surface area contributed by atoms with Crippen LogP contribution in [0, 0.1) is 17.5 Å². The zero-order valence-electron chi connectivity index (χ0n) is 7.18. The standard InChI is InChI=1S/C8H5F3O.BO/c1-4(12)8-6(10)2-5(9)3-7(8)11;1-2/h2-3H,1H3;. The van der Waals surface area contributed by atoms with Crippen LogP contribution in [0.4, 0.5) is 13.2 Å². The monoisotopic (exact) mass is 201 g/mol. The van der Waals surface area contributed by atoms with Crippen LogP contribution in [0.25, 0.3) is 0 Å². The third-order valence-electron chi connectivity index (χ3n) is 1.36. The Morgan fingerprint density at radius 3 is 1.79 bits per heavy atom. The molecule has 1 aromatic rings. The van der Waals surface area contributed by atoms with E-state index in [4.69, 9.17) is 4.70 Å². The van der Waals surface area contributed by atoms with E-state index in [1.54, 1.807) is 0 Å². The topological polar surface area (TPSA) is 34.1 Å². The van der Waals surface area contributed by atoms with Crippen molar-refractivity contribution in [2.45, 2.75) is 6.92 Å². The first kappa shape index (κ1) is 12.5. The third-order valence-corrected chi connectivity index (χ3v) is 1.36. The first-order chi connectivity index (χ1) is 6.52. The van der Waals surface area contributed by atoms with Crippen LogP contribution < -0.4 is 0 Å². The number of hydrogen-bond donors (Lipinski definition) is 0. The molecule has 1 aromatic carbocycles. The number of halogens is 3. The molecule has 0 saturated carbocycles. The summed E-state index contributed by atoms with van der Waals surface area (Å²) in [5.41, 5.74) is -0.698. The Morgan fingerprint density at radius 1 is 1.14 bits per heavy atom.